The number of amides is 2. The van der Waals surface area contributed by atoms with E-state index in [9.17, 15) is 19.2 Å². The lowest BCUT2D eigenvalue weighted by molar-refractivity contribution is 0.0949. The number of nitrogens with one attached hydrogen (secondary N) is 2. The highest BCUT2D eigenvalue weighted by Gasteiger charge is 2.11. The third-order valence-electron chi connectivity index (χ3n) is 4.65. The van der Waals surface area contributed by atoms with E-state index in [1.807, 2.05) is 0 Å². The van der Waals surface area contributed by atoms with Gasteiger partial charge in [0.25, 0.3) is 22.3 Å². The summed E-state index contributed by atoms with van der Waals surface area (Å²) in [6, 6.07) is 19.5. The minimum atomic E-state index is -0.543. The second-order valence-electron chi connectivity index (χ2n) is 6.89. The van der Waals surface area contributed by atoms with Gasteiger partial charge in [0.1, 0.15) is 0 Å². The quantitative estimate of drug-likeness (QED) is 0.481. The molecule has 0 aromatic heterocycles. The van der Waals surface area contributed by atoms with Gasteiger partial charge in [-0.05, 0) is 76.8 Å². The molecule has 0 aliphatic carbocycles. The van der Waals surface area contributed by atoms with E-state index in [-0.39, 0.29) is 24.9 Å². The molecule has 162 valence electrons. The van der Waals surface area contributed by atoms with Crippen LogP contribution in [-0.2, 0) is 13.1 Å². The van der Waals surface area contributed by atoms with E-state index >= 15 is 0 Å². The Morgan fingerprint density at radius 1 is 0.562 bits per heavy atom. The summed E-state index contributed by atoms with van der Waals surface area (Å²) < 4.78 is 0. The maximum absolute atomic E-state index is 12.5. The van der Waals surface area contributed by atoms with E-state index in [2.05, 4.69) is 10.6 Å². The molecule has 0 spiro atoms. The third-order valence-corrected chi connectivity index (χ3v) is 5.09. The zero-order chi connectivity index (χ0) is 23.1. The Kier molecular flexibility index (Phi) is 7.76. The fourth-order valence-corrected chi connectivity index (χ4v) is 3.13. The van der Waals surface area contributed by atoms with Crippen molar-refractivity contribution >= 4 is 45.5 Å². The first-order chi connectivity index (χ1) is 15.3. The van der Waals surface area contributed by atoms with Crippen LogP contribution in [0.4, 0.5) is 0 Å². The van der Waals surface area contributed by atoms with Gasteiger partial charge in [0.15, 0.2) is 0 Å². The summed E-state index contributed by atoms with van der Waals surface area (Å²) in [4.78, 5) is 47.2. The van der Waals surface area contributed by atoms with Crippen molar-refractivity contribution in [3.63, 3.8) is 0 Å². The van der Waals surface area contributed by atoms with Crippen LogP contribution in [0.25, 0.3) is 0 Å². The number of carbonyl (C=O) groups is 4. The average molecular weight is 469 g/mol. The first-order valence-corrected chi connectivity index (χ1v) is 10.3. The molecule has 3 rings (SSSR count). The summed E-state index contributed by atoms with van der Waals surface area (Å²) >= 11 is 10.8. The molecule has 0 aliphatic rings. The largest absolute Gasteiger partial charge is 0.348 e. The highest BCUT2D eigenvalue weighted by atomic mass is 35.5. The molecular weight excluding hydrogens is 451 g/mol. The highest BCUT2D eigenvalue weighted by molar-refractivity contribution is 6.68. The second-order valence-corrected chi connectivity index (χ2v) is 7.57. The van der Waals surface area contributed by atoms with E-state index in [0.717, 1.165) is 11.1 Å². The third kappa shape index (κ3) is 6.26. The van der Waals surface area contributed by atoms with E-state index < -0.39 is 10.5 Å². The van der Waals surface area contributed by atoms with Crippen LogP contribution >= 0.6 is 23.2 Å². The van der Waals surface area contributed by atoms with Gasteiger partial charge in [0, 0.05) is 35.3 Å². The number of hydrogen-bond acceptors (Lipinski definition) is 4. The van der Waals surface area contributed by atoms with E-state index in [0.29, 0.717) is 22.3 Å². The van der Waals surface area contributed by atoms with Gasteiger partial charge < -0.3 is 10.6 Å². The van der Waals surface area contributed by atoms with Crippen LogP contribution in [0.15, 0.2) is 72.8 Å². The number of benzene rings is 3. The Balaban J connectivity index is 1.57. The number of hydrogen-bond donors (Lipinski definition) is 2. The molecule has 32 heavy (non-hydrogen) atoms. The predicted octanol–water partition coefficient (Wildman–Crippen LogP) is 4.30. The van der Waals surface area contributed by atoms with E-state index in [4.69, 9.17) is 23.2 Å². The zero-order valence-corrected chi connectivity index (χ0v) is 18.2. The molecule has 2 N–H and O–H groups in total. The Labute approximate surface area is 194 Å². The van der Waals surface area contributed by atoms with Crippen LogP contribution in [0.2, 0.25) is 0 Å². The maximum Gasteiger partial charge on any atom is 0.252 e. The first-order valence-electron chi connectivity index (χ1n) is 9.57. The summed E-state index contributed by atoms with van der Waals surface area (Å²) in [6.07, 6.45) is 0. The normalized spacial score (nSPS) is 10.3. The summed E-state index contributed by atoms with van der Waals surface area (Å²) in [7, 11) is 0. The molecule has 0 bridgehead atoms. The smallest absolute Gasteiger partial charge is 0.252 e. The standard InChI is InChI=1S/C24H18Cl2N2O4/c25-21(29)17-8-4-15(5-9-17)13-27-23(31)19-2-1-3-20(12-19)24(32)28-14-16-6-10-18(11-7-16)22(26)30/h1-12H,13-14H2,(H,27,31)(H,28,32). The zero-order valence-electron chi connectivity index (χ0n) is 16.7. The summed E-state index contributed by atoms with van der Waals surface area (Å²) in [5, 5.41) is 4.46. The summed E-state index contributed by atoms with van der Waals surface area (Å²) in [6.45, 7) is 0.514. The lowest BCUT2D eigenvalue weighted by Crippen LogP contribution is -2.25. The average Bonchev–Trinajstić information content (AvgIpc) is 2.81. The van der Waals surface area contributed by atoms with Gasteiger partial charge in [-0.15, -0.1) is 0 Å². The summed E-state index contributed by atoms with van der Waals surface area (Å²) in [5.41, 5.74) is 3.05. The van der Waals surface area contributed by atoms with E-state index in [1.165, 1.54) is 6.07 Å². The molecule has 0 saturated carbocycles. The number of carbonyl (C=O) groups excluding carboxylic acids is 4. The minimum Gasteiger partial charge on any atom is -0.348 e. The van der Waals surface area contributed by atoms with Crippen molar-refractivity contribution in [2.24, 2.45) is 0 Å². The Morgan fingerprint density at radius 2 is 0.938 bits per heavy atom. The fourth-order valence-electron chi connectivity index (χ4n) is 2.88. The van der Waals surface area contributed by atoms with E-state index in [1.54, 1.807) is 66.7 Å². The van der Waals surface area contributed by atoms with Gasteiger partial charge in [0.05, 0.1) is 0 Å². The van der Waals surface area contributed by atoms with Crippen LogP contribution in [0.1, 0.15) is 52.6 Å². The number of halogens is 2. The highest BCUT2D eigenvalue weighted by Crippen LogP contribution is 2.10. The molecule has 8 heteroatoms. The molecule has 0 heterocycles. The Morgan fingerprint density at radius 3 is 1.28 bits per heavy atom. The molecule has 0 radical (unpaired) electrons. The molecule has 0 unspecified atom stereocenters. The molecule has 3 aromatic carbocycles. The van der Waals surface area contributed by atoms with Gasteiger partial charge in [-0.1, -0.05) is 30.3 Å². The fraction of sp³-hybridized carbons (Fsp3) is 0.0833. The van der Waals surface area contributed by atoms with Crippen LogP contribution < -0.4 is 10.6 Å². The van der Waals surface area contributed by atoms with Crippen molar-refractivity contribution in [1.29, 1.82) is 0 Å². The summed E-state index contributed by atoms with van der Waals surface area (Å²) in [5.74, 6) is -0.669. The molecular formula is C24H18Cl2N2O4. The van der Waals surface area contributed by atoms with Gasteiger partial charge in [0.2, 0.25) is 0 Å². The van der Waals surface area contributed by atoms with Crippen molar-refractivity contribution in [3.8, 4) is 0 Å². The van der Waals surface area contributed by atoms with Crippen LogP contribution in [0.3, 0.4) is 0 Å². The molecule has 3 aromatic rings. The van der Waals surface area contributed by atoms with Crippen molar-refractivity contribution in [3.05, 3.63) is 106 Å². The van der Waals surface area contributed by atoms with Gasteiger partial charge in [-0.2, -0.15) is 0 Å². The van der Waals surface area contributed by atoms with Crippen molar-refractivity contribution in [1.82, 2.24) is 10.6 Å². The Bertz CT molecular complexity index is 1070. The molecule has 6 nitrogen and oxygen atoms in total. The van der Waals surface area contributed by atoms with Crippen molar-refractivity contribution in [2.45, 2.75) is 13.1 Å². The molecule has 2 amide bonds. The van der Waals surface area contributed by atoms with Gasteiger partial charge in [-0.25, -0.2) is 0 Å². The molecule has 0 fully saturated rings. The Hall–Kier alpha value is -3.48. The topological polar surface area (TPSA) is 92.3 Å². The maximum atomic E-state index is 12.5. The lowest BCUT2D eigenvalue weighted by atomic mass is 10.1. The van der Waals surface area contributed by atoms with Crippen molar-refractivity contribution < 1.29 is 19.2 Å². The SMILES string of the molecule is O=C(Cl)c1ccc(CNC(=O)c2cccc(C(=O)NCc3ccc(C(=O)Cl)cc3)c2)cc1. The predicted molar refractivity (Wildman–Crippen MR) is 122 cm³/mol. The monoisotopic (exact) mass is 468 g/mol. The molecule has 0 saturated heterocycles. The van der Waals surface area contributed by atoms with Gasteiger partial charge in [-0.3, -0.25) is 19.2 Å². The van der Waals surface area contributed by atoms with Crippen LogP contribution in [0.5, 0.6) is 0 Å². The van der Waals surface area contributed by atoms with Crippen LogP contribution in [0, 0.1) is 0 Å². The molecule has 0 atom stereocenters. The minimum absolute atomic E-state index is 0.257. The second kappa shape index (κ2) is 10.7. The first kappa shape index (κ1) is 23.2. The number of rotatable bonds is 8. The van der Waals surface area contributed by atoms with Crippen LogP contribution in [-0.4, -0.2) is 22.3 Å². The lowest BCUT2D eigenvalue weighted by Gasteiger charge is -2.09. The molecule has 0 aliphatic heterocycles. The van der Waals surface area contributed by atoms with Gasteiger partial charge >= 0.3 is 0 Å². The van der Waals surface area contributed by atoms with Crippen molar-refractivity contribution in [2.75, 3.05) is 0 Å².